The summed E-state index contributed by atoms with van der Waals surface area (Å²) in [6, 6.07) is 14.4. The molecule has 0 atom stereocenters. The van der Waals surface area contributed by atoms with Crippen LogP contribution in [-0.4, -0.2) is 52.1 Å². The topological polar surface area (TPSA) is 74.8 Å². The van der Waals surface area contributed by atoms with Crippen molar-refractivity contribution in [1.29, 1.82) is 5.26 Å². The molecule has 0 aromatic heterocycles. The lowest BCUT2D eigenvalue weighted by molar-refractivity contribution is -0.903. The van der Waals surface area contributed by atoms with Crippen LogP contribution < -0.4 is 9.64 Å². The van der Waals surface area contributed by atoms with Gasteiger partial charge >= 0.3 is 0 Å². The van der Waals surface area contributed by atoms with Crippen LogP contribution in [-0.2, 0) is 10.0 Å². The summed E-state index contributed by atoms with van der Waals surface area (Å²) >= 11 is 0. The van der Waals surface area contributed by atoms with Crippen LogP contribution >= 0.6 is 0 Å². The fourth-order valence-electron chi connectivity index (χ4n) is 3.08. The second-order valence-corrected chi connectivity index (χ2v) is 8.20. The molecule has 142 valence electrons. The normalized spacial score (nSPS) is 16.0. The second-order valence-electron chi connectivity index (χ2n) is 6.29. The van der Waals surface area contributed by atoms with Gasteiger partial charge in [0, 0.05) is 0 Å². The van der Waals surface area contributed by atoms with E-state index in [0.717, 1.165) is 0 Å². The summed E-state index contributed by atoms with van der Waals surface area (Å²) in [5.74, 6) is -0.161. The van der Waals surface area contributed by atoms with Gasteiger partial charge in [0.25, 0.3) is 0 Å². The fourth-order valence-corrected chi connectivity index (χ4v) is 4.67. The summed E-state index contributed by atoms with van der Waals surface area (Å²) in [4.78, 5) is 1.25. The van der Waals surface area contributed by atoms with Crippen molar-refractivity contribution in [3.05, 3.63) is 59.9 Å². The predicted molar refractivity (Wildman–Crippen MR) is 97.4 cm³/mol. The van der Waals surface area contributed by atoms with Crippen molar-refractivity contribution in [3.8, 4) is 11.8 Å². The number of hydrogen-bond acceptors (Lipinski definition) is 4. The molecule has 1 heterocycles. The van der Waals surface area contributed by atoms with Crippen molar-refractivity contribution in [3.63, 3.8) is 0 Å². The zero-order valence-electron chi connectivity index (χ0n) is 14.8. The van der Waals surface area contributed by atoms with Crippen LogP contribution in [0.2, 0.25) is 0 Å². The number of halogens is 1. The Balaban J connectivity index is 1.54. The molecular weight excluding hydrogens is 369 g/mol. The third kappa shape index (κ3) is 4.45. The minimum absolute atomic E-state index is 0.0545. The van der Waals surface area contributed by atoms with Gasteiger partial charge in [0.2, 0.25) is 10.0 Å². The van der Waals surface area contributed by atoms with Crippen molar-refractivity contribution < 1.29 is 22.4 Å². The Morgan fingerprint density at radius 2 is 1.78 bits per heavy atom. The second kappa shape index (κ2) is 8.48. The highest BCUT2D eigenvalue weighted by Crippen LogP contribution is 2.19. The lowest BCUT2D eigenvalue weighted by atomic mass is 10.2. The number of sulfonamides is 1. The van der Waals surface area contributed by atoms with Crippen LogP contribution in [0.3, 0.4) is 0 Å². The Labute approximate surface area is 158 Å². The van der Waals surface area contributed by atoms with Gasteiger partial charge in [0.05, 0.1) is 36.6 Å². The van der Waals surface area contributed by atoms with E-state index in [1.807, 2.05) is 6.07 Å². The van der Waals surface area contributed by atoms with Gasteiger partial charge in [-0.15, -0.1) is 0 Å². The standard InChI is InChI=1S/C19H20FN3O3S/c20-17-6-2-3-7-18(17)26-14-13-22-9-11-23(12-10-22)27(24,25)19-8-4-1-5-16(19)15-21/h1-8H,9-14H2/p+1. The first kappa shape index (κ1) is 19.3. The maximum absolute atomic E-state index is 13.5. The number of nitrogens with zero attached hydrogens (tertiary/aromatic N) is 2. The fraction of sp³-hybridized carbons (Fsp3) is 0.316. The molecule has 1 aliphatic heterocycles. The van der Waals surface area contributed by atoms with Gasteiger partial charge < -0.3 is 9.64 Å². The molecule has 0 spiro atoms. The quantitative estimate of drug-likeness (QED) is 0.787. The molecular formula is C19H21FN3O3S+. The number of quaternary nitrogens is 1. The highest BCUT2D eigenvalue weighted by molar-refractivity contribution is 7.89. The van der Waals surface area contributed by atoms with Crippen LogP contribution in [0.4, 0.5) is 4.39 Å². The van der Waals surface area contributed by atoms with Crippen LogP contribution in [0.5, 0.6) is 5.75 Å². The Hall–Kier alpha value is -2.47. The van der Waals surface area contributed by atoms with Gasteiger partial charge in [-0.05, 0) is 24.3 Å². The van der Waals surface area contributed by atoms with Gasteiger partial charge in [0.1, 0.15) is 19.2 Å². The molecule has 6 nitrogen and oxygen atoms in total. The molecule has 0 bridgehead atoms. The number of rotatable bonds is 6. The number of hydrogen-bond donors (Lipinski definition) is 1. The van der Waals surface area contributed by atoms with Crippen molar-refractivity contribution in [2.45, 2.75) is 4.90 Å². The number of piperazine rings is 1. The van der Waals surface area contributed by atoms with E-state index < -0.39 is 10.0 Å². The summed E-state index contributed by atoms with van der Waals surface area (Å²) in [5, 5.41) is 9.16. The molecule has 0 unspecified atom stereocenters. The number of ether oxygens (including phenoxy) is 1. The van der Waals surface area contributed by atoms with Gasteiger partial charge in [-0.1, -0.05) is 24.3 Å². The van der Waals surface area contributed by atoms with E-state index in [9.17, 15) is 12.8 Å². The van der Waals surface area contributed by atoms with Crippen LogP contribution in [0.1, 0.15) is 5.56 Å². The van der Waals surface area contributed by atoms with E-state index in [4.69, 9.17) is 10.00 Å². The molecule has 8 heteroatoms. The molecule has 27 heavy (non-hydrogen) atoms. The molecule has 0 aliphatic carbocycles. The minimum Gasteiger partial charge on any atom is -0.485 e. The first-order chi connectivity index (χ1) is 13.0. The van der Waals surface area contributed by atoms with Gasteiger partial charge in [-0.3, -0.25) is 0 Å². The third-order valence-electron chi connectivity index (χ3n) is 4.60. The third-order valence-corrected chi connectivity index (χ3v) is 6.56. The molecule has 1 N–H and O–H groups in total. The summed E-state index contributed by atoms with van der Waals surface area (Å²) in [5.41, 5.74) is 0.158. The predicted octanol–water partition coefficient (Wildman–Crippen LogP) is 0.666. The van der Waals surface area contributed by atoms with Crippen LogP contribution in [0.15, 0.2) is 53.4 Å². The van der Waals surface area contributed by atoms with Gasteiger partial charge in [-0.25, -0.2) is 12.8 Å². The summed E-state index contributed by atoms with van der Waals surface area (Å²) in [6.45, 7) is 3.04. The number of nitrogens with one attached hydrogen (secondary N) is 1. The van der Waals surface area contributed by atoms with Crippen LogP contribution in [0, 0.1) is 17.1 Å². The number of benzene rings is 2. The molecule has 1 aliphatic rings. The first-order valence-corrected chi connectivity index (χ1v) is 10.2. The summed E-state index contributed by atoms with van der Waals surface area (Å²) < 4.78 is 46.0. The van der Waals surface area contributed by atoms with Crippen molar-refractivity contribution in [1.82, 2.24) is 4.31 Å². The molecule has 1 fully saturated rings. The average Bonchev–Trinajstić information content (AvgIpc) is 2.70. The maximum atomic E-state index is 13.5. The highest BCUT2D eigenvalue weighted by Gasteiger charge is 2.31. The van der Waals surface area contributed by atoms with E-state index in [-0.39, 0.29) is 22.0 Å². The average molecular weight is 390 g/mol. The lowest BCUT2D eigenvalue weighted by Gasteiger charge is -2.31. The van der Waals surface area contributed by atoms with Gasteiger partial charge in [0.15, 0.2) is 11.6 Å². The van der Waals surface area contributed by atoms with Gasteiger partial charge in [-0.2, -0.15) is 9.57 Å². The van der Waals surface area contributed by atoms with E-state index >= 15 is 0 Å². The molecule has 3 rings (SSSR count). The molecule has 0 radical (unpaired) electrons. The van der Waals surface area contributed by atoms with E-state index in [2.05, 4.69) is 0 Å². The highest BCUT2D eigenvalue weighted by atomic mass is 32.2. The van der Waals surface area contributed by atoms with E-state index in [1.165, 1.54) is 27.4 Å². The van der Waals surface area contributed by atoms with Crippen molar-refractivity contribution in [2.24, 2.45) is 0 Å². The summed E-state index contributed by atoms with van der Waals surface area (Å²) in [6.07, 6.45) is 0. The zero-order valence-corrected chi connectivity index (χ0v) is 15.6. The monoisotopic (exact) mass is 390 g/mol. The number of nitriles is 1. The Kier molecular flexibility index (Phi) is 6.06. The largest absolute Gasteiger partial charge is 0.485 e. The Morgan fingerprint density at radius 1 is 1.11 bits per heavy atom. The van der Waals surface area contributed by atoms with Crippen molar-refractivity contribution >= 4 is 10.0 Å². The molecule has 0 saturated carbocycles. The molecule has 1 saturated heterocycles. The van der Waals surface area contributed by atoms with E-state index in [0.29, 0.717) is 39.3 Å². The smallest absolute Gasteiger partial charge is 0.244 e. The van der Waals surface area contributed by atoms with E-state index in [1.54, 1.807) is 30.3 Å². The number of para-hydroxylation sites is 1. The van der Waals surface area contributed by atoms with Crippen molar-refractivity contribution in [2.75, 3.05) is 39.3 Å². The molecule has 2 aromatic carbocycles. The Morgan fingerprint density at radius 3 is 2.48 bits per heavy atom. The first-order valence-electron chi connectivity index (χ1n) is 8.72. The zero-order chi connectivity index (χ0) is 19.3. The molecule has 0 amide bonds. The Bertz CT molecular complexity index is 935. The summed E-state index contributed by atoms with van der Waals surface area (Å²) in [7, 11) is -3.68. The SMILES string of the molecule is N#Cc1ccccc1S(=O)(=O)N1CC[NH+](CCOc2ccccc2F)CC1. The maximum Gasteiger partial charge on any atom is 0.244 e. The van der Waals surface area contributed by atoms with Crippen LogP contribution in [0.25, 0.3) is 0 Å². The lowest BCUT2D eigenvalue weighted by Crippen LogP contribution is -3.15. The molecule has 2 aromatic rings. The minimum atomic E-state index is -3.68.